The predicted molar refractivity (Wildman–Crippen MR) is 65.6 cm³/mol. The maximum absolute atomic E-state index is 9.99. The first-order valence-electron chi connectivity index (χ1n) is 5.85. The van der Waals surface area contributed by atoms with Gasteiger partial charge >= 0.3 is 0 Å². The Morgan fingerprint density at radius 1 is 1.50 bits per heavy atom. The summed E-state index contributed by atoms with van der Waals surface area (Å²) in [4.78, 5) is 1.32. The molecule has 0 bridgehead atoms. The van der Waals surface area contributed by atoms with Crippen molar-refractivity contribution in [2.75, 3.05) is 19.8 Å². The van der Waals surface area contributed by atoms with Crippen molar-refractivity contribution in [3.63, 3.8) is 0 Å². The molecule has 2 heterocycles. The van der Waals surface area contributed by atoms with Crippen LogP contribution in [-0.2, 0) is 11.3 Å². The fourth-order valence-corrected chi connectivity index (χ4v) is 2.70. The fourth-order valence-electron chi connectivity index (χ4n) is 2.02. The zero-order valence-corrected chi connectivity index (χ0v) is 10.2. The highest BCUT2D eigenvalue weighted by molar-refractivity contribution is 7.09. The van der Waals surface area contributed by atoms with E-state index in [9.17, 15) is 5.11 Å². The van der Waals surface area contributed by atoms with E-state index in [0.717, 1.165) is 32.6 Å². The molecule has 1 fully saturated rings. The zero-order chi connectivity index (χ0) is 11.2. The Bertz CT molecular complexity index is 283. The highest BCUT2D eigenvalue weighted by Crippen LogP contribution is 2.18. The molecule has 0 spiro atoms. The van der Waals surface area contributed by atoms with Gasteiger partial charge in [-0.25, -0.2) is 0 Å². The maximum atomic E-state index is 9.99. The number of aliphatic hydroxyl groups excluding tert-OH is 1. The lowest BCUT2D eigenvalue weighted by atomic mass is 9.94. The van der Waals surface area contributed by atoms with Gasteiger partial charge in [0.15, 0.2) is 0 Å². The van der Waals surface area contributed by atoms with E-state index in [2.05, 4.69) is 22.8 Å². The van der Waals surface area contributed by atoms with Crippen molar-refractivity contribution >= 4 is 11.3 Å². The van der Waals surface area contributed by atoms with Crippen molar-refractivity contribution in [1.82, 2.24) is 5.32 Å². The molecule has 1 aromatic rings. The standard InChI is InChI=1S/C12H19NO2S/c14-12(10-3-5-15-6-4-10)9-13-8-11-2-1-7-16-11/h1-2,7,10,12-14H,3-6,8-9H2. The molecule has 2 N–H and O–H groups in total. The van der Waals surface area contributed by atoms with Crippen molar-refractivity contribution in [2.24, 2.45) is 5.92 Å². The molecule has 16 heavy (non-hydrogen) atoms. The van der Waals surface area contributed by atoms with Gasteiger partial charge in [0, 0.05) is 31.2 Å². The number of hydrogen-bond acceptors (Lipinski definition) is 4. The number of aliphatic hydroxyl groups is 1. The molecular weight excluding hydrogens is 222 g/mol. The molecule has 1 unspecified atom stereocenters. The van der Waals surface area contributed by atoms with Crippen LogP contribution in [0.5, 0.6) is 0 Å². The Kier molecular flexibility index (Phi) is 4.78. The third-order valence-corrected chi connectivity index (χ3v) is 3.92. The van der Waals surface area contributed by atoms with E-state index in [0.29, 0.717) is 12.5 Å². The van der Waals surface area contributed by atoms with E-state index >= 15 is 0 Å². The monoisotopic (exact) mass is 241 g/mol. The van der Waals surface area contributed by atoms with Gasteiger partial charge in [-0.1, -0.05) is 6.07 Å². The first kappa shape index (κ1) is 12.0. The maximum Gasteiger partial charge on any atom is 0.0694 e. The summed E-state index contributed by atoms with van der Waals surface area (Å²) in [6.07, 6.45) is 1.74. The molecule has 3 nitrogen and oxygen atoms in total. The highest BCUT2D eigenvalue weighted by Gasteiger charge is 2.21. The second-order valence-corrected chi connectivity index (χ2v) is 5.26. The molecule has 1 atom stereocenters. The Hall–Kier alpha value is -0.420. The normalized spacial score (nSPS) is 19.8. The fraction of sp³-hybridized carbons (Fsp3) is 0.667. The van der Waals surface area contributed by atoms with E-state index in [1.165, 1.54) is 4.88 Å². The van der Waals surface area contributed by atoms with Crippen LogP contribution in [0, 0.1) is 5.92 Å². The van der Waals surface area contributed by atoms with Gasteiger partial charge in [-0.15, -0.1) is 11.3 Å². The number of nitrogens with one attached hydrogen (secondary N) is 1. The average Bonchev–Trinajstić information content (AvgIpc) is 2.83. The molecule has 0 aliphatic carbocycles. The van der Waals surface area contributed by atoms with Gasteiger partial charge < -0.3 is 15.2 Å². The minimum atomic E-state index is -0.233. The second kappa shape index (κ2) is 6.35. The van der Waals surface area contributed by atoms with Crippen LogP contribution in [-0.4, -0.2) is 31.0 Å². The summed E-state index contributed by atoms with van der Waals surface area (Å²) in [5.74, 6) is 0.407. The SMILES string of the molecule is OC(CNCc1cccs1)C1CCOCC1. The minimum absolute atomic E-state index is 0.233. The van der Waals surface area contributed by atoms with Gasteiger partial charge in [0.25, 0.3) is 0 Å². The van der Waals surface area contributed by atoms with Crippen molar-refractivity contribution in [3.05, 3.63) is 22.4 Å². The van der Waals surface area contributed by atoms with Crippen molar-refractivity contribution in [1.29, 1.82) is 0 Å². The van der Waals surface area contributed by atoms with Gasteiger partial charge in [0.2, 0.25) is 0 Å². The minimum Gasteiger partial charge on any atom is -0.392 e. The summed E-state index contributed by atoms with van der Waals surface area (Å²) < 4.78 is 5.28. The van der Waals surface area contributed by atoms with Gasteiger partial charge in [-0.05, 0) is 30.2 Å². The summed E-state index contributed by atoms with van der Waals surface area (Å²) in [6, 6.07) is 4.16. The number of ether oxygens (including phenoxy) is 1. The van der Waals surface area contributed by atoms with Crippen LogP contribution >= 0.6 is 11.3 Å². The van der Waals surface area contributed by atoms with Gasteiger partial charge in [0.05, 0.1) is 6.10 Å². The zero-order valence-electron chi connectivity index (χ0n) is 9.39. The summed E-state index contributed by atoms with van der Waals surface area (Å²) in [5, 5.41) is 15.4. The Morgan fingerprint density at radius 3 is 3.00 bits per heavy atom. The molecule has 2 rings (SSSR count). The molecule has 1 saturated heterocycles. The lowest BCUT2D eigenvalue weighted by Crippen LogP contribution is -2.35. The molecule has 1 aromatic heterocycles. The number of hydrogen-bond donors (Lipinski definition) is 2. The Labute approximate surface area is 100 Å². The van der Waals surface area contributed by atoms with Gasteiger partial charge in [-0.3, -0.25) is 0 Å². The van der Waals surface area contributed by atoms with Crippen molar-refractivity contribution < 1.29 is 9.84 Å². The smallest absolute Gasteiger partial charge is 0.0694 e. The molecule has 1 aliphatic rings. The van der Waals surface area contributed by atoms with Crippen LogP contribution in [0.15, 0.2) is 17.5 Å². The van der Waals surface area contributed by atoms with Crippen LogP contribution in [0.25, 0.3) is 0 Å². The van der Waals surface area contributed by atoms with E-state index < -0.39 is 0 Å². The average molecular weight is 241 g/mol. The molecule has 0 amide bonds. The van der Waals surface area contributed by atoms with Crippen LogP contribution in [0.1, 0.15) is 17.7 Å². The molecule has 0 saturated carbocycles. The highest BCUT2D eigenvalue weighted by atomic mass is 32.1. The number of thiophene rings is 1. The molecule has 0 radical (unpaired) electrons. The van der Waals surface area contributed by atoms with Crippen LogP contribution in [0.2, 0.25) is 0 Å². The lowest BCUT2D eigenvalue weighted by molar-refractivity contribution is 0.00848. The molecular formula is C12H19NO2S. The largest absolute Gasteiger partial charge is 0.392 e. The van der Waals surface area contributed by atoms with E-state index in [-0.39, 0.29) is 6.10 Å². The summed E-state index contributed by atoms with van der Waals surface area (Å²) in [5.41, 5.74) is 0. The van der Waals surface area contributed by atoms with Crippen molar-refractivity contribution in [3.8, 4) is 0 Å². The van der Waals surface area contributed by atoms with E-state index in [1.807, 2.05) is 0 Å². The van der Waals surface area contributed by atoms with Gasteiger partial charge in [0.1, 0.15) is 0 Å². The topological polar surface area (TPSA) is 41.5 Å². The summed E-state index contributed by atoms with van der Waals surface area (Å²) in [7, 11) is 0. The number of rotatable bonds is 5. The van der Waals surface area contributed by atoms with E-state index in [1.54, 1.807) is 11.3 Å². The van der Waals surface area contributed by atoms with Gasteiger partial charge in [-0.2, -0.15) is 0 Å². The van der Waals surface area contributed by atoms with Crippen LogP contribution in [0.4, 0.5) is 0 Å². The quantitative estimate of drug-likeness (QED) is 0.823. The predicted octanol–water partition coefficient (Wildman–Crippen LogP) is 1.63. The molecule has 0 aromatic carbocycles. The molecule has 90 valence electrons. The first-order chi connectivity index (χ1) is 7.86. The molecule has 1 aliphatic heterocycles. The Morgan fingerprint density at radius 2 is 2.31 bits per heavy atom. The van der Waals surface area contributed by atoms with Crippen molar-refractivity contribution in [2.45, 2.75) is 25.5 Å². The van der Waals surface area contributed by atoms with Crippen LogP contribution < -0.4 is 5.32 Å². The third-order valence-electron chi connectivity index (χ3n) is 3.04. The molecule has 4 heteroatoms. The van der Waals surface area contributed by atoms with Crippen LogP contribution in [0.3, 0.4) is 0 Å². The first-order valence-corrected chi connectivity index (χ1v) is 6.73. The second-order valence-electron chi connectivity index (χ2n) is 4.23. The summed E-state index contributed by atoms with van der Waals surface area (Å²) in [6.45, 7) is 3.14. The lowest BCUT2D eigenvalue weighted by Gasteiger charge is -2.26. The summed E-state index contributed by atoms with van der Waals surface area (Å²) >= 11 is 1.75. The third kappa shape index (κ3) is 3.56. The van der Waals surface area contributed by atoms with E-state index in [4.69, 9.17) is 4.74 Å². The Balaban J connectivity index is 1.65.